The molecule has 20 heavy (non-hydrogen) atoms. The number of aromatic nitrogens is 1. The van der Waals surface area contributed by atoms with E-state index in [9.17, 15) is 9.90 Å². The van der Waals surface area contributed by atoms with Crippen LogP contribution in [0.1, 0.15) is 5.76 Å². The molecule has 5 nitrogen and oxygen atoms in total. The normalized spacial score (nSPS) is 12.3. The lowest BCUT2D eigenvalue weighted by Gasteiger charge is -1.97. The Morgan fingerprint density at radius 3 is 2.90 bits per heavy atom. The molecule has 0 spiro atoms. The van der Waals surface area contributed by atoms with Gasteiger partial charge in [-0.2, -0.15) is 0 Å². The van der Waals surface area contributed by atoms with Gasteiger partial charge in [-0.3, -0.25) is 4.79 Å². The molecule has 0 radical (unpaired) electrons. The summed E-state index contributed by atoms with van der Waals surface area (Å²) in [5, 5.41) is 18.9. The second-order valence-electron chi connectivity index (χ2n) is 3.89. The topological polar surface area (TPSA) is 83.6 Å². The highest BCUT2D eigenvalue weighted by Crippen LogP contribution is 2.26. The van der Waals surface area contributed by atoms with E-state index in [1.54, 1.807) is 0 Å². The summed E-state index contributed by atoms with van der Waals surface area (Å²) >= 11 is 1.90. The zero-order valence-corrected chi connectivity index (χ0v) is 11.7. The first kappa shape index (κ1) is 13.0. The van der Waals surface area contributed by atoms with Crippen LogP contribution < -0.4 is 5.43 Å². The quantitative estimate of drug-likeness (QED) is 0.500. The van der Waals surface area contributed by atoms with Crippen molar-refractivity contribution in [3.8, 4) is 5.75 Å². The van der Waals surface area contributed by atoms with Crippen LogP contribution in [0.5, 0.6) is 5.75 Å². The molecule has 2 aromatic heterocycles. The van der Waals surface area contributed by atoms with Crippen LogP contribution in [0.25, 0.3) is 10.2 Å². The molecule has 0 aliphatic heterocycles. The molecule has 0 unspecified atom stereocenters. The van der Waals surface area contributed by atoms with Crippen molar-refractivity contribution in [1.82, 2.24) is 4.98 Å². The Kier molecular flexibility index (Phi) is 3.39. The summed E-state index contributed by atoms with van der Waals surface area (Å²) in [5.74, 6) is -0.466. The van der Waals surface area contributed by atoms with Crippen LogP contribution in [0.2, 0.25) is 0 Å². The molecule has 0 amide bonds. The van der Waals surface area contributed by atoms with Crippen molar-refractivity contribution >= 4 is 38.0 Å². The smallest absolute Gasteiger partial charge is 0.227 e. The maximum Gasteiger partial charge on any atom is 0.227 e. The SMILES string of the molecule is O=c1cc(C(O)=[SH]c2nc3ccccc3s2)occ1O. The van der Waals surface area contributed by atoms with Crippen molar-refractivity contribution in [2.45, 2.75) is 4.34 Å². The Bertz CT molecular complexity index is 833. The maximum absolute atomic E-state index is 11.3. The maximum atomic E-state index is 11.3. The molecule has 102 valence electrons. The minimum atomic E-state index is -0.600. The standard InChI is InChI=1S/C13H9NO4S2/c15-8-5-10(18-6-9(8)16)12(17)20-13-14-7-3-1-2-4-11(7)19-13/h1-6,16-17,20H. The van der Waals surface area contributed by atoms with Crippen molar-refractivity contribution in [1.29, 1.82) is 0 Å². The number of thiol groups is 1. The van der Waals surface area contributed by atoms with Crippen LogP contribution in [0.15, 0.2) is 50.1 Å². The number of aliphatic hydroxyl groups excluding tert-OH is 1. The fraction of sp³-hybridized carbons (Fsp3) is 0. The average molecular weight is 307 g/mol. The number of nitrogens with zero attached hydrogens (tertiary/aromatic N) is 1. The van der Waals surface area contributed by atoms with E-state index in [1.807, 2.05) is 24.3 Å². The van der Waals surface area contributed by atoms with Crippen LogP contribution in [-0.2, 0) is 0 Å². The zero-order chi connectivity index (χ0) is 14.1. The monoisotopic (exact) mass is 307 g/mol. The third-order valence-electron chi connectivity index (χ3n) is 2.52. The Morgan fingerprint density at radius 1 is 1.35 bits per heavy atom. The molecule has 0 aliphatic rings. The zero-order valence-electron chi connectivity index (χ0n) is 9.98. The van der Waals surface area contributed by atoms with Gasteiger partial charge < -0.3 is 14.6 Å². The predicted octanol–water partition coefficient (Wildman–Crippen LogP) is 2.52. The second-order valence-corrected chi connectivity index (χ2v) is 6.30. The number of thiazole rings is 1. The van der Waals surface area contributed by atoms with E-state index in [0.717, 1.165) is 22.5 Å². The van der Waals surface area contributed by atoms with Crippen molar-refractivity contribution in [2.24, 2.45) is 0 Å². The summed E-state index contributed by atoms with van der Waals surface area (Å²) in [7, 11) is 0. The molecule has 2 N–H and O–H groups in total. The number of rotatable bonds is 2. The van der Waals surface area contributed by atoms with E-state index >= 15 is 0 Å². The molecule has 0 saturated heterocycles. The number of hydrogen-bond donors (Lipinski definition) is 3. The Balaban J connectivity index is 2.01. The Morgan fingerprint density at radius 2 is 2.15 bits per heavy atom. The number of aromatic hydroxyl groups is 1. The molecule has 0 atom stereocenters. The second kappa shape index (κ2) is 5.20. The van der Waals surface area contributed by atoms with Crippen molar-refractivity contribution in [2.75, 3.05) is 0 Å². The minimum absolute atomic E-state index is 0.0220. The van der Waals surface area contributed by atoms with Gasteiger partial charge in [0.25, 0.3) is 0 Å². The van der Waals surface area contributed by atoms with Gasteiger partial charge in [0.05, 0.1) is 10.2 Å². The van der Waals surface area contributed by atoms with E-state index in [1.165, 1.54) is 11.3 Å². The van der Waals surface area contributed by atoms with Crippen LogP contribution in [0.3, 0.4) is 0 Å². The van der Waals surface area contributed by atoms with E-state index < -0.39 is 11.2 Å². The largest absolute Gasteiger partial charge is 0.502 e. The van der Waals surface area contributed by atoms with Gasteiger partial charge in [-0.05, 0) is 12.1 Å². The van der Waals surface area contributed by atoms with E-state index in [4.69, 9.17) is 9.52 Å². The summed E-state index contributed by atoms with van der Waals surface area (Å²) in [6.45, 7) is 0. The summed E-state index contributed by atoms with van der Waals surface area (Å²) in [6.07, 6.45) is 0.905. The molecule has 0 fully saturated rings. The number of para-hydroxylation sites is 1. The average Bonchev–Trinajstić information content (AvgIpc) is 2.83. The highest BCUT2D eigenvalue weighted by molar-refractivity contribution is 8.00. The van der Waals surface area contributed by atoms with Crippen LogP contribution >= 0.6 is 22.7 Å². The fourth-order valence-electron chi connectivity index (χ4n) is 1.58. The van der Waals surface area contributed by atoms with Gasteiger partial charge in [-0.15, -0.1) is 22.7 Å². The number of benzene rings is 1. The summed E-state index contributed by atoms with van der Waals surface area (Å²) in [4.78, 5) is 15.7. The van der Waals surface area contributed by atoms with Crippen molar-refractivity contribution < 1.29 is 14.6 Å². The highest BCUT2D eigenvalue weighted by atomic mass is 32.2. The minimum Gasteiger partial charge on any atom is -0.502 e. The first-order chi connectivity index (χ1) is 9.63. The third kappa shape index (κ3) is 2.51. The van der Waals surface area contributed by atoms with E-state index in [0.29, 0.717) is 15.7 Å². The van der Waals surface area contributed by atoms with E-state index in [2.05, 4.69) is 4.98 Å². The lowest BCUT2D eigenvalue weighted by Crippen LogP contribution is -2.04. The predicted molar refractivity (Wildman–Crippen MR) is 80.3 cm³/mol. The Labute approximate surface area is 120 Å². The van der Waals surface area contributed by atoms with Gasteiger partial charge in [0.15, 0.2) is 11.5 Å². The van der Waals surface area contributed by atoms with Crippen LogP contribution in [-0.4, -0.2) is 20.2 Å². The van der Waals surface area contributed by atoms with Gasteiger partial charge in [0, 0.05) is 6.07 Å². The third-order valence-corrected chi connectivity index (χ3v) is 4.63. The van der Waals surface area contributed by atoms with Crippen LogP contribution in [0.4, 0.5) is 0 Å². The van der Waals surface area contributed by atoms with E-state index in [-0.39, 0.29) is 10.8 Å². The molecular weight excluding hydrogens is 298 g/mol. The highest BCUT2D eigenvalue weighted by Gasteiger charge is 2.07. The van der Waals surface area contributed by atoms with Gasteiger partial charge in [0.2, 0.25) is 5.43 Å². The van der Waals surface area contributed by atoms with Crippen molar-refractivity contribution in [3.63, 3.8) is 0 Å². The lowest BCUT2D eigenvalue weighted by atomic mass is 10.3. The number of fused-ring (bicyclic) bond motifs is 1. The number of hydrogen-bond acceptors (Lipinski definition) is 5. The van der Waals surface area contributed by atoms with Gasteiger partial charge in [0.1, 0.15) is 15.7 Å². The van der Waals surface area contributed by atoms with Gasteiger partial charge in [-0.25, -0.2) is 4.98 Å². The molecular formula is C13H9NO4S2. The first-order valence-corrected chi connectivity index (χ1v) is 7.30. The molecule has 2 heterocycles. The van der Waals surface area contributed by atoms with Crippen LogP contribution in [0, 0.1) is 0 Å². The van der Waals surface area contributed by atoms with Crippen molar-refractivity contribution in [3.05, 3.63) is 52.6 Å². The molecule has 0 saturated carbocycles. The summed E-state index contributed by atoms with van der Waals surface area (Å²) < 4.78 is 6.70. The first-order valence-electron chi connectivity index (χ1n) is 5.59. The molecule has 0 aliphatic carbocycles. The molecule has 3 rings (SSSR count). The summed E-state index contributed by atoms with van der Waals surface area (Å²) in [5.41, 5.74) is 0.261. The molecule has 0 bridgehead atoms. The Hall–Kier alpha value is -1.96. The summed E-state index contributed by atoms with van der Waals surface area (Å²) in [6, 6.07) is 8.70. The van der Waals surface area contributed by atoms with Gasteiger partial charge >= 0.3 is 0 Å². The molecule has 3 aromatic rings. The lowest BCUT2D eigenvalue weighted by molar-refractivity contribution is 0.420. The number of aliphatic hydroxyl groups is 1. The van der Waals surface area contributed by atoms with Gasteiger partial charge in [-0.1, -0.05) is 12.1 Å². The molecule has 1 aromatic carbocycles. The molecule has 7 heteroatoms. The fourth-order valence-corrected chi connectivity index (χ4v) is 3.58.